The zero-order valence-corrected chi connectivity index (χ0v) is 19.7. The minimum atomic E-state index is -0.879. The Morgan fingerprint density at radius 1 is 1.13 bits per heavy atom. The quantitative estimate of drug-likeness (QED) is 0.437. The normalized spacial score (nSPS) is 28.6. The molecular weight excluding hydrogens is 396 g/mol. The summed E-state index contributed by atoms with van der Waals surface area (Å²) in [5.74, 6) is -0.879. The third-order valence-electron chi connectivity index (χ3n) is 7.27. The summed E-state index contributed by atoms with van der Waals surface area (Å²) in [4.78, 5) is 13.0. The maximum absolute atomic E-state index is 10.6. The molecule has 3 fully saturated rings. The molecule has 0 amide bonds. The summed E-state index contributed by atoms with van der Waals surface area (Å²) in [6.45, 7) is 11.5. The Morgan fingerprint density at radius 3 is 2.13 bits per heavy atom. The van der Waals surface area contributed by atoms with Crippen LogP contribution in [0.15, 0.2) is 35.4 Å². The number of alkyl halides is 1. The van der Waals surface area contributed by atoms with E-state index in [-0.39, 0.29) is 4.87 Å². The fraction of sp³-hybridized carbons (Fsp3) is 0.640. The number of nitrogens with zero attached hydrogens (tertiary/aromatic N) is 1. The second-order valence-electron chi connectivity index (χ2n) is 10.1. The molecule has 2 bridgehead atoms. The third-order valence-corrected chi connectivity index (χ3v) is 7.67. The molecule has 4 aliphatic carbocycles. The van der Waals surface area contributed by atoms with Gasteiger partial charge in [-0.15, -0.1) is 11.6 Å². The molecule has 0 saturated heterocycles. The van der Waals surface area contributed by atoms with Crippen molar-refractivity contribution in [3.8, 4) is 0 Å². The van der Waals surface area contributed by atoms with Gasteiger partial charge in [-0.25, -0.2) is 4.79 Å². The van der Waals surface area contributed by atoms with Crippen LogP contribution in [0, 0.1) is 10.8 Å². The Morgan fingerprint density at radius 2 is 1.70 bits per heavy atom. The maximum atomic E-state index is 10.6. The highest BCUT2D eigenvalue weighted by Crippen LogP contribution is 2.75. The largest absolute Gasteiger partial charge is 0.478 e. The lowest BCUT2D eigenvalue weighted by atomic mass is 9.39. The predicted molar refractivity (Wildman–Crippen MR) is 126 cm³/mol. The van der Waals surface area contributed by atoms with E-state index in [9.17, 15) is 4.79 Å². The second-order valence-corrected chi connectivity index (χ2v) is 10.9. The first-order chi connectivity index (χ1) is 14.1. The number of nitrogens with two attached hydrogens (primary N) is 1. The van der Waals surface area contributed by atoms with Gasteiger partial charge in [-0.1, -0.05) is 25.0 Å². The van der Waals surface area contributed by atoms with E-state index in [4.69, 9.17) is 22.4 Å². The minimum absolute atomic E-state index is 0.194. The van der Waals surface area contributed by atoms with Gasteiger partial charge in [-0.05, 0) is 87.5 Å². The number of rotatable bonds is 6. The van der Waals surface area contributed by atoms with E-state index in [1.54, 1.807) is 23.3 Å². The summed E-state index contributed by atoms with van der Waals surface area (Å²) >= 11 is 6.37. The maximum Gasteiger partial charge on any atom is 0.335 e. The fourth-order valence-corrected chi connectivity index (χ4v) is 6.40. The van der Waals surface area contributed by atoms with Crippen molar-refractivity contribution in [1.29, 1.82) is 0 Å². The zero-order chi connectivity index (χ0) is 22.2. The highest BCUT2D eigenvalue weighted by atomic mass is 35.5. The molecule has 0 unspecified atom stereocenters. The van der Waals surface area contributed by atoms with E-state index in [1.165, 1.54) is 38.5 Å². The van der Waals surface area contributed by atoms with E-state index in [1.807, 2.05) is 12.1 Å². The molecule has 4 nitrogen and oxygen atoms in total. The molecule has 0 atom stereocenters. The standard InChI is InChI=1S/C14H22ClN.C11H15NO2/c1-12(2)4-3-11(10(5-12)6-16)13-7-14(15,8-13)9-13;1-3-12(4-2)10-7-5-9(6-8-10)11(13)14/h3-9,16H2,1-2H3;5-8H,3-4H2,1-2H3,(H,13,14). The van der Waals surface area contributed by atoms with E-state index >= 15 is 0 Å². The SMILES string of the molecule is CC1(C)CCC(C23CC(Cl)(C2)C3)=C(CN)C1.CCN(CC)c1ccc(C(=O)O)cc1. The lowest BCUT2D eigenvalue weighted by molar-refractivity contribution is -0.0506. The topological polar surface area (TPSA) is 66.6 Å². The number of carboxylic acid groups (broad SMARTS) is 1. The summed E-state index contributed by atoms with van der Waals surface area (Å²) in [6.07, 6.45) is 7.47. The predicted octanol–water partition coefficient (Wildman–Crippen LogP) is 5.84. The average molecular weight is 433 g/mol. The lowest BCUT2D eigenvalue weighted by Crippen LogP contribution is -2.64. The van der Waals surface area contributed by atoms with Crippen molar-refractivity contribution in [3.05, 3.63) is 41.0 Å². The summed E-state index contributed by atoms with van der Waals surface area (Å²) in [7, 11) is 0. The first-order valence-electron chi connectivity index (χ1n) is 11.3. The molecule has 4 aliphatic rings. The molecule has 0 radical (unpaired) electrons. The highest BCUT2D eigenvalue weighted by molar-refractivity contribution is 6.26. The average Bonchev–Trinajstić information content (AvgIpc) is 2.66. The number of carbonyl (C=O) groups is 1. The van der Waals surface area contributed by atoms with Gasteiger partial charge in [0.2, 0.25) is 0 Å². The number of hydrogen-bond acceptors (Lipinski definition) is 3. The molecule has 0 aromatic heterocycles. The molecule has 0 aliphatic heterocycles. The number of allylic oxidation sites excluding steroid dienone is 1. The van der Waals surface area contributed by atoms with Gasteiger partial charge in [0.25, 0.3) is 0 Å². The van der Waals surface area contributed by atoms with E-state index in [2.05, 4.69) is 32.6 Å². The van der Waals surface area contributed by atoms with Crippen LogP contribution >= 0.6 is 11.6 Å². The summed E-state index contributed by atoms with van der Waals surface area (Å²) in [6, 6.07) is 6.96. The van der Waals surface area contributed by atoms with Gasteiger partial charge in [0, 0.05) is 30.2 Å². The third kappa shape index (κ3) is 4.55. The smallest absolute Gasteiger partial charge is 0.335 e. The van der Waals surface area contributed by atoms with Crippen molar-refractivity contribution in [1.82, 2.24) is 0 Å². The van der Waals surface area contributed by atoms with Crippen molar-refractivity contribution >= 4 is 23.3 Å². The minimum Gasteiger partial charge on any atom is -0.478 e. The number of anilines is 1. The van der Waals surface area contributed by atoms with E-state index < -0.39 is 5.97 Å². The second kappa shape index (κ2) is 8.55. The molecular formula is C25H37ClN2O2. The molecule has 0 heterocycles. The highest BCUT2D eigenvalue weighted by Gasteiger charge is 2.68. The Kier molecular flexibility index (Phi) is 6.60. The van der Waals surface area contributed by atoms with Crippen LogP contribution in [-0.2, 0) is 0 Å². The molecule has 0 spiro atoms. The van der Waals surface area contributed by atoms with E-state index in [0.29, 0.717) is 16.4 Å². The zero-order valence-electron chi connectivity index (χ0n) is 18.9. The first kappa shape index (κ1) is 23.1. The Hall–Kier alpha value is -1.52. The van der Waals surface area contributed by atoms with Gasteiger partial charge in [0.1, 0.15) is 0 Å². The summed E-state index contributed by atoms with van der Waals surface area (Å²) in [5.41, 5.74) is 11.6. The monoisotopic (exact) mass is 432 g/mol. The molecule has 3 N–H and O–H groups in total. The van der Waals surface area contributed by atoms with Gasteiger partial charge in [-0.2, -0.15) is 0 Å². The van der Waals surface area contributed by atoms with Crippen LogP contribution in [0.4, 0.5) is 5.69 Å². The van der Waals surface area contributed by atoms with Crippen LogP contribution < -0.4 is 10.6 Å². The number of halogens is 1. The molecule has 30 heavy (non-hydrogen) atoms. The van der Waals surface area contributed by atoms with Gasteiger partial charge in [-0.3, -0.25) is 0 Å². The first-order valence-corrected chi connectivity index (χ1v) is 11.6. The van der Waals surface area contributed by atoms with Crippen LogP contribution in [0.1, 0.15) is 76.6 Å². The van der Waals surface area contributed by atoms with Crippen LogP contribution in [-0.4, -0.2) is 35.6 Å². The Bertz CT molecular complexity index is 789. The molecule has 166 valence electrons. The molecule has 5 rings (SSSR count). The number of aromatic carboxylic acids is 1. The van der Waals surface area contributed by atoms with Gasteiger partial charge < -0.3 is 15.7 Å². The number of hydrogen-bond donors (Lipinski definition) is 2. The molecule has 3 saturated carbocycles. The molecule has 1 aromatic carbocycles. The Labute approximate surface area is 186 Å². The summed E-state index contributed by atoms with van der Waals surface area (Å²) in [5, 5.41) is 8.72. The van der Waals surface area contributed by atoms with Crippen molar-refractivity contribution in [2.45, 2.75) is 71.1 Å². The van der Waals surface area contributed by atoms with Crippen LogP contribution in [0.2, 0.25) is 0 Å². The van der Waals surface area contributed by atoms with Crippen molar-refractivity contribution in [3.63, 3.8) is 0 Å². The van der Waals surface area contributed by atoms with Gasteiger partial charge in [0.05, 0.1) is 5.56 Å². The van der Waals surface area contributed by atoms with Crippen molar-refractivity contribution < 1.29 is 9.90 Å². The number of carboxylic acids is 1. The summed E-state index contributed by atoms with van der Waals surface area (Å²) < 4.78 is 0. The molecule has 5 heteroatoms. The van der Waals surface area contributed by atoms with E-state index in [0.717, 1.165) is 25.3 Å². The van der Waals surface area contributed by atoms with Gasteiger partial charge >= 0.3 is 5.97 Å². The van der Waals surface area contributed by atoms with Gasteiger partial charge in [0.15, 0.2) is 0 Å². The van der Waals surface area contributed by atoms with Crippen molar-refractivity contribution in [2.24, 2.45) is 16.6 Å². The van der Waals surface area contributed by atoms with Crippen LogP contribution in [0.3, 0.4) is 0 Å². The molecule has 1 aromatic rings. The lowest BCUT2D eigenvalue weighted by Gasteiger charge is -2.69. The van der Waals surface area contributed by atoms with Crippen molar-refractivity contribution in [2.75, 3.05) is 24.5 Å². The van der Waals surface area contributed by atoms with Crippen LogP contribution in [0.5, 0.6) is 0 Å². The number of benzene rings is 1. The Balaban J connectivity index is 0.000000173. The van der Waals surface area contributed by atoms with Crippen LogP contribution in [0.25, 0.3) is 0 Å². The fourth-order valence-electron chi connectivity index (χ4n) is 5.64.